The second-order valence-corrected chi connectivity index (χ2v) is 7.24. The number of hydrogen-bond acceptors (Lipinski definition) is 5. The van der Waals surface area contributed by atoms with E-state index in [0.29, 0.717) is 17.5 Å². The molecule has 0 bridgehead atoms. The Morgan fingerprint density at radius 3 is 2.25 bits per heavy atom. The Labute approximate surface area is 185 Å². The van der Waals surface area contributed by atoms with E-state index in [9.17, 15) is 9.59 Å². The van der Waals surface area contributed by atoms with Crippen molar-refractivity contribution in [2.75, 3.05) is 13.2 Å². The molecule has 0 saturated heterocycles. The summed E-state index contributed by atoms with van der Waals surface area (Å²) in [4.78, 5) is 26.2. The van der Waals surface area contributed by atoms with Crippen molar-refractivity contribution in [3.63, 3.8) is 0 Å². The van der Waals surface area contributed by atoms with Crippen LogP contribution in [0, 0.1) is 11.3 Å². The summed E-state index contributed by atoms with van der Waals surface area (Å²) in [6, 6.07) is 20.8. The zero-order chi connectivity index (χ0) is 22.7. The van der Waals surface area contributed by atoms with Crippen molar-refractivity contribution in [3.8, 4) is 6.07 Å². The SMILES string of the molecule is CCOC(=O)c1c(Cc2ccc(C#N)cc2)c2ccc3ccccc3n2c1C(=O)OCC. The fraction of sp³-hybridized carbons (Fsp3) is 0.192. The molecule has 4 aromatic rings. The van der Waals surface area contributed by atoms with Gasteiger partial charge in [0.2, 0.25) is 0 Å². The summed E-state index contributed by atoms with van der Waals surface area (Å²) in [5.74, 6) is -1.14. The summed E-state index contributed by atoms with van der Waals surface area (Å²) >= 11 is 0. The molecule has 6 nitrogen and oxygen atoms in total. The minimum absolute atomic E-state index is 0.167. The molecule has 4 rings (SSSR count). The van der Waals surface area contributed by atoms with Gasteiger partial charge in [-0.15, -0.1) is 0 Å². The van der Waals surface area contributed by atoms with Crippen LogP contribution in [0.2, 0.25) is 0 Å². The van der Waals surface area contributed by atoms with Crippen molar-refractivity contribution in [2.24, 2.45) is 0 Å². The van der Waals surface area contributed by atoms with Gasteiger partial charge in [-0.1, -0.05) is 36.4 Å². The monoisotopic (exact) mass is 426 g/mol. The maximum absolute atomic E-state index is 13.1. The molecule has 0 aliphatic carbocycles. The van der Waals surface area contributed by atoms with Crippen LogP contribution in [0.4, 0.5) is 0 Å². The smallest absolute Gasteiger partial charge is 0.356 e. The van der Waals surface area contributed by atoms with Gasteiger partial charge >= 0.3 is 11.9 Å². The van der Waals surface area contributed by atoms with Gasteiger partial charge < -0.3 is 13.9 Å². The van der Waals surface area contributed by atoms with Crippen LogP contribution in [0.1, 0.15) is 51.4 Å². The molecule has 160 valence electrons. The Kier molecular flexibility index (Phi) is 5.91. The Hall–Kier alpha value is -4.11. The predicted octanol–water partition coefficient (Wildman–Crippen LogP) is 4.91. The number of ether oxygens (including phenoxy) is 2. The topological polar surface area (TPSA) is 80.8 Å². The summed E-state index contributed by atoms with van der Waals surface area (Å²) in [6.45, 7) is 3.83. The molecule has 0 N–H and O–H groups in total. The third-order valence-corrected chi connectivity index (χ3v) is 5.32. The molecule has 0 fully saturated rings. The fourth-order valence-corrected chi connectivity index (χ4v) is 3.96. The lowest BCUT2D eigenvalue weighted by Gasteiger charge is -2.08. The van der Waals surface area contributed by atoms with Gasteiger partial charge in [-0.05, 0) is 54.6 Å². The molecule has 2 aromatic heterocycles. The molecule has 0 spiro atoms. The standard InChI is InChI=1S/C26H22N2O4/c1-3-31-25(29)23-20(15-17-9-11-18(16-27)12-10-17)22-14-13-19-7-5-6-8-21(19)28(22)24(23)26(30)32-4-2/h5-14H,3-4,15H2,1-2H3. The van der Waals surface area contributed by atoms with E-state index >= 15 is 0 Å². The Morgan fingerprint density at radius 1 is 0.875 bits per heavy atom. The predicted molar refractivity (Wildman–Crippen MR) is 121 cm³/mol. The number of aromatic nitrogens is 1. The van der Waals surface area contributed by atoms with Gasteiger partial charge in [-0.3, -0.25) is 0 Å². The number of nitrogens with zero attached hydrogens (tertiary/aromatic N) is 2. The van der Waals surface area contributed by atoms with E-state index in [1.165, 1.54) is 0 Å². The molecule has 0 atom stereocenters. The van der Waals surface area contributed by atoms with Crippen LogP contribution in [-0.4, -0.2) is 29.6 Å². The Morgan fingerprint density at radius 2 is 1.56 bits per heavy atom. The molecule has 2 aromatic carbocycles. The molecule has 2 heterocycles. The quantitative estimate of drug-likeness (QED) is 0.409. The van der Waals surface area contributed by atoms with Gasteiger partial charge in [0.05, 0.1) is 41.4 Å². The van der Waals surface area contributed by atoms with E-state index in [1.807, 2.05) is 48.5 Å². The van der Waals surface area contributed by atoms with Gasteiger partial charge in [-0.2, -0.15) is 5.26 Å². The lowest BCUT2D eigenvalue weighted by Crippen LogP contribution is -2.16. The summed E-state index contributed by atoms with van der Waals surface area (Å²) in [5, 5.41) is 10.0. The van der Waals surface area contributed by atoms with Crippen LogP contribution in [0.3, 0.4) is 0 Å². The number of esters is 2. The largest absolute Gasteiger partial charge is 0.462 e. The average Bonchev–Trinajstić information content (AvgIpc) is 3.14. The van der Waals surface area contributed by atoms with Gasteiger partial charge in [0, 0.05) is 6.42 Å². The first-order chi connectivity index (χ1) is 15.6. The van der Waals surface area contributed by atoms with E-state index in [2.05, 4.69) is 6.07 Å². The van der Waals surface area contributed by atoms with Gasteiger partial charge in [-0.25, -0.2) is 9.59 Å². The molecular weight excluding hydrogens is 404 g/mol. The fourth-order valence-electron chi connectivity index (χ4n) is 3.96. The van der Waals surface area contributed by atoms with Crippen LogP contribution in [-0.2, 0) is 15.9 Å². The van der Waals surface area contributed by atoms with Gasteiger partial charge in [0.25, 0.3) is 0 Å². The number of rotatable bonds is 6. The second-order valence-electron chi connectivity index (χ2n) is 7.24. The molecular formula is C26H22N2O4. The number of carbonyl (C=O) groups excluding carboxylic acids is 2. The number of hydrogen-bond donors (Lipinski definition) is 0. The van der Waals surface area contributed by atoms with E-state index in [4.69, 9.17) is 14.7 Å². The van der Waals surface area contributed by atoms with Crippen molar-refractivity contribution >= 4 is 28.4 Å². The lowest BCUT2D eigenvalue weighted by atomic mass is 10.00. The molecule has 0 amide bonds. The first-order valence-electron chi connectivity index (χ1n) is 10.5. The van der Waals surface area contributed by atoms with Crippen molar-refractivity contribution in [3.05, 3.63) is 88.6 Å². The highest BCUT2D eigenvalue weighted by atomic mass is 16.5. The van der Waals surface area contributed by atoms with Crippen molar-refractivity contribution < 1.29 is 19.1 Å². The molecule has 0 radical (unpaired) electrons. The second kappa shape index (κ2) is 8.94. The van der Waals surface area contributed by atoms with E-state index in [0.717, 1.165) is 22.0 Å². The van der Waals surface area contributed by atoms with Crippen molar-refractivity contribution in [1.82, 2.24) is 4.40 Å². The number of carbonyl (C=O) groups is 2. The zero-order valence-electron chi connectivity index (χ0n) is 17.9. The number of fused-ring (bicyclic) bond motifs is 3. The van der Waals surface area contributed by atoms with Gasteiger partial charge in [0.1, 0.15) is 5.69 Å². The molecule has 0 aliphatic heterocycles. The highest BCUT2D eigenvalue weighted by Crippen LogP contribution is 2.31. The number of benzene rings is 2. The summed E-state index contributed by atoms with van der Waals surface area (Å²) in [7, 11) is 0. The third kappa shape index (κ3) is 3.69. The maximum atomic E-state index is 13.1. The van der Waals surface area contributed by atoms with E-state index in [-0.39, 0.29) is 24.5 Å². The maximum Gasteiger partial charge on any atom is 0.356 e. The number of pyridine rings is 1. The summed E-state index contributed by atoms with van der Waals surface area (Å²) in [6.07, 6.45) is 0.390. The summed E-state index contributed by atoms with van der Waals surface area (Å²) < 4.78 is 12.5. The first kappa shape index (κ1) is 21.1. The van der Waals surface area contributed by atoms with E-state index in [1.54, 1.807) is 30.4 Å². The van der Waals surface area contributed by atoms with Crippen molar-refractivity contribution in [2.45, 2.75) is 20.3 Å². The van der Waals surface area contributed by atoms with Crippen molar-refractivity contribution in [1.29, 1.82) is 5.26 Å². The third-order valence-electron chi connectivity index (χ3n) is 5.32. The van der Waals surface area contributed by atoms with E-state index < -0.39 is 11.9 Å². The molecule has 0 aliphatic rings. The van der Waals surface area contributed by atoms with Crippen LogP contribution in [0.25, 0.3) is 16.4 Å². The molecule has 0 unspecified atom stereocenters. The van der Waals surface area contributed by atoms with Gasteiger partial charge in [0.15, 0.2) is 0 Å². The minimum Gasteiger partial charge on any atom is -0.462 e. The minimum atomic E-state index is -0.576. The molecule has 32 heavy (non-hydrogen) atoms. The van der Waals surface area contributed by atoms with Crippen LogP contribution in [0.15, 0.2) is 60.7 Å². The molecule has 0 saturated carbocycles. The summed E-state index contributed by atoms with van der Waals surface area (Å²) in [5.41, 5.74) is 4.06. The highest BCUT2D eigenvalue weighted by molar-refractivity contribution is 6.07. The van der Waals surface area contributed by atoms with Crippen LogP contribution < -0.4 is 0 Å². The normalized spacial score (nSPS) is 10.8. The average molecular weight is 426 g/mol. The first-order valence-corrected chi connectivity index (χ1v) is 10.5. The Balaban J connectivity index is 2.05. The lowest BCUT2D eigenvalue weighted by molar-refractivity contribution is 0.0473. The Bertz CT molecular complexity index is 1360. The molecule has 6 heteroatoms. The number of para-hydroxylation sites is 1. The van der Waals surface area contributed by atoms with Crippen LogP contribution >= 0.6 is 0 Å². The van der Waals surface area contributed by atoms with Crippen LogP contribution in [0.5, 0.6) is 0 Å². The number of nitriles is 1. The highest BCUT2D eigenvalue weighted by Gasteiger charge is 2.30. The zero-order valence-corrected chi connectivity index (χ0v) is 17.9.